The van der Waals surface area contributed by atoms with Crippen LogP contribution in [0.4, 0.5) is 5.69 Å². The summed E-state index contributed by atoms with van der Waals surface area (Å²) in [5.74, 6) is -1.19. The lowest BCUT2D eigenvalue weighted by Crippen LogP contribution is -2.20. The maximum atomic E-state index is 12.0. The van der Waals surface area contributed by atoms with Gasteiger partial charge in [-0.15, -0.1) is 0 Å². The van der Waals surface area contributed by atoms with Crippen molar-refractivity contribution in [1.29, 1.82) is 0 Å². The first-order valence-corrected chi connectivity index (χ1v) is 7.68. The molecular weight excluding hydrogens is 353 g/mol. The summed E-state index contributed by atoms with van der Waals surface area (Å²) in [5.41, 5.74) is 1.07. The molecule has 122 valence electrons. The number of carbonyl (C=O) groups excluding carboxylic acids is 2. The molecule has 3 rings (SSSR count). The lowest BCUT2D eigenvalue weighted by molar-refractivity contribution is -0.119. The highest BCUT2D eigenvalue weighted by Crippen LogP contribution is 2.23. The van der Waals surface area contributed by atoms with E-state index in [0.29, 0.717) is 26.7 Å². The largest absolute Gasteiger partial charge is 0.450 e. The first-order valence-electron chi connectivity index (χ1n) is 6.93. The summed E-state index contributed by atoms with van der Waals surface area (Å²) < 4.78 is 10.3. The molecule has 0 fully saturated rings. The van der Waals surface area contributed by atoms with Crippen LogP contribution in [0.2, 0.25) is 10.0 Å². The van der Waals surface area contributed by atoms with E-state index >= 15 is 0 Å². The van der Waals surface area contributed by atoms with Gasteiger partial charge < -0.3 is 14.5 Å². The Kier molecular flexibility index (Phi) is 4.74. The van der Waals surface area contributed by atoms with E-state index in [0.717, 1.165) is 0 Å². The zero-order valence-corrected chi connectivity index (χ0v) is 13.7. The quantitative estimate of drug-likeness (QED) is 0.691. The smallest absolute Gasteiger partial charge is 0.374 e. The van der Waals surface area contributed by atoms with Crippen LogP contribution in [0.25, 0.3) is 11.0 Å². The molecule has 0 unspecified atom stereocenters. The van der Waals surface area contributed by atoms with Gasteiger partial charge in [0.25, 0.3) is 5.91 Å². The summed E-state index contributed by atoms with van der Waals surface area (Å²) in [5, 5.41) is 4.36. The van der Waals surface area contributed by atoms with E-state index in [1.54, 1.807) is 42.5 Å². The minimum Gasteiger partial charge on any atom is -0.450 e. The standard InChI is InChI=1S/C17H11Cl2NO4/c18-11-1-4-13(5-2-11)20-16(21)9-23-17(22)15-8-10-7-12(19)3-6-14(10)24-15/h1-8H,9H2,(H,20,21). The van der Waals surface area contributed by atoms with Crippen LogP contribution >= 0.6 is 23.2 Å². The summed E-state index contributed by atoms with van der Waals surface area (Å²) in [6.45, 7) is -0.431. The summed E-state index contributed by atoms with van der Waals surface area (Å²) in [7, 11) is 0. The molecule has 0 saturated carbocycles. The predicted molar refractivity (Wildman–Crippen MR) is 91.6 cm³/mol. The zero-order chi connectivity index (χ0) is 17.1. The average Bonchev–Trinajstić information content (AvgIpc) is 2.98. The highest BCUT2D eigenvalue weighted by atomic mass is 35.5. The van der Waals surface area contributed by atoms with Crippen LogP contribution < -0.4 is 5.32 Å². The van der Waals surface area contributed by atoms with Gasteiger partial charge in [-0.1, -0.05) is 23.2 Å². The molecular formula is C17H11Cl2NO4. The van der Waals surface area contributed by atoms with Gasteiger partial charge in [-0.3, -0.25) is 4.79 Å². The van der Waals surface area contributed by atoms with Crippen LogP contribution in [0.1, 0.15) is 10.6 Å². The second-order valence-corrected chi connectivity index (χ2v) is 5.80. The summed E-state index contributed by atoms with van der Waals surface area (Å²) in [6, 6.07) is 13.1. The van der Waals surface area contributed by atoms with Crippen molar-refractivity contribution < 1.29 is 18.7 Å². The van der Waals surface area contributed by atoms with Gasteiger partial charge in [0.2, 0.25) is 5.76 Å². The van der Waals surface area contributed by atoms with Crippen molar-refractivity contribution >= 4 is 51.7 Å². The number of anilines is 1. The third kappa shape index (κ3) is 3.88. The Morgan fingerprint density at radius 1 is 1.00 bits per heavy atom. The number of benzene rings is 2. The van der Waals surface area contributed by atoms with Crippen LogP contribution in [0.15, 0.2) is 52.9 Å². The van der Waals surface area contributed by atoms with Gasteiger partial charge >= 0.3 is 5.97 Å². The molecule has 0 aliphatic rings. The molecule has 2 aromatic carbocycles. The van der Waals surface area contributed by atoms with Crippen molar-refractivity contribution in [1.82, 2.24) is 0 Å². The molecule has 3 aromatic rings. The molecule has 24 heavy (non-hydrogen) atoms. The van der Waals surface area contributed by atoms with Gasteiger partial charge in [0.05, 0.1) is 0 Å². The number of halogens is 2. The first kappa shape index (κ1) is 16.4. The van der Waals surface area contributed by atoms with Crippen LogP contribution in [-0.4, -0.2) is 18.5 Å². The van der Waals surface area contributed by atoms with E-state index in [2.05, 4.69) is 5.32 Å². The molecule has 0 aliphatic carbocycles. The van der Waals surface area contributed by atoms with E-state index in [1.165, 1.54) is 6.07 Å². The molecule has 1 aromatic heterocycles. The highest BCUT2D eigenvalue weighted by molar-refractivity contribution is 6.31. The Labute approximate surface area is 147 Å². The van der Waals surface area contributed by atoms with Crippen LogP contribution in [0.3, 0.4) is 0 Å². The number of rotatable bonds is 4. The number of nitrogens with one attached hydrogen (secondary N) is 1. The number of carbonyl (C=O) groups is 2. The normalized spacial score (nSPS) is 10.6. The van der Waals surface area contributed by atoms with Gasteiger partial charge in [0, 0.05) is 21.1 Å². The molecule has 0 saturated heterocycles. The number of ether oxygens (including phenoxy) is 1. The average molecular weight is 364 g/mol. The minimum atomic E-state index is -0.728. The molecule has 7 heteroatoms. The fourth-order valence-corrected chi connectivity index (χ4v) is 2.35. The Morgan fingerprint density at radius 3 is 2.46 bits per heavy atom. The topological polar surface area (TPSA) is 68.5 Å². The lowest BCUT2D eigenvalue weighted by atomic mass is 10.2. The van der Waals surface area contributed by atoms with Crippen molar-refractivity contribution in [3.05, 3.63) is 64.3 Å². The second kappa shape index (κ2) is 6.95. The number of furan rings is 1. The minimum absolute atomic E-state index is 0.00607. The molecule has 0 atom stereocenters. The first-order chi connectivity index (χ1) is 11.5. The van der Waals surface area contributed by atoms with Gasteiger partial charge in [0.1, 0.15) is 5.58 Å². The van der Waals surface area contributed by atoms with E-state index < -0.39 is 18.5 Å². The fourth-order valence-electron chi connectivity index (χ4n) is 2.05. The van der Waals surface area contributed by atoms with Crippen LogP contribution in [0, 0.1) is 0 Å². The summed E-state index contributed by atoms with van der Waals surface area (Å²) >= 11 is 11.6. The van der Waals surface area contributed by atoms with Gasteiger partial charge in [-0.25, -0.2) is 4.79 Å². The van der Waals surface area contributed by atoms with Crippen LogP contribution in [0.5, 0.6) is 0 Å². The molecule has 0 aliphatic heterocycles. The Bertz CT molecular complexity index is 903. The lowest BCUT2D eigenvalue weighted by Gasteiger charge is -2.05. The van der Waals surface area contributed by atoms with Gasteiger partial charge in [-0.2, -0.15) is 0 Å². The Hall–Kier alpha value is -2.50. The van der Waals surface area contributed by atoms with Crippen molar-refractivity contribution in [2.24, 2.45) is 0 Å². The monoisotopic (exact) mass is 363 g/mol. The second-order valence-electron chi connectivity index (χ2n) is 4.92. The third-order valence-corrected chi connectivity index (χ3v) is 3.63. The number of amides is 1. The predicted octanol–water partition coefficient (Wildman–Crippen LogP) is 4.54. The van der Waals surface area contributed by atoms with E-state index in [1.807, 2.05) is 0 Å². The highest BCUT2D eigenvalue weighted by Gasteiger charge is 2.15. The van der Waals surface area contributed by atoms with E-state index in [4.69, 9.17) is 32.4 Å². The maximum absolute atomic E-state index is 12.0. The molecule has 0 bridgehead atoms. The van der Waals surface area contributed by atoms with E-state index in [-0.39, 0.29) is 5.76 Å². The number of fused-ring (bicyclic) bond motifs is 1. The van der Waals surface area contributed by atoms with Crippen molar-refractivity contribution in [3.8, 4) is 0 Å². The molecule has 5 nitrogen and oxygen atoms in total. The molecule has 1 amide bonds. The fraction of sp³-hybridized carbons (Fsp3) is 0.0588. The molecule has 0 radical (unpaired) electrons. The molecule has 1 heterocycles. The third-order valence-electron chi connectivity index (χ3n) is 3.14. The van der Waals surface area contributed by atoms with E-state index in [9.17, 15) is 9.59 Å². The number of esters is 1. The molecule has 1 N–H and O–H groups in total. The molecule has 0 spiro atoms. The summed E-state index contributed by atoms with van der Waals surface area (Å²) in [6.07, 6.45) is 0. The van der Waals surface area contributed by atoms with Gasteiger partial charge in [-0.05, 0) is 48.5 Å². The summed E-state index contributed by atoms with van der Waals surface area (Å²) in [4.78, 5) is 23.7. The van der Waals surface area contributed by atoms with Crippen molar-refractivity contribution in [3.63, 3.8) is 0 Å². The van der Waals surface area contributed by atoms with Crippen molar-refractivity contribution in [2.45, 2.75) is 0 Å². The number of hydrogen-bond acceptors (Lipinski definition) is 4. The Morgan fingerprint density at radius 2 is 1.71 bits per heavy atom. The van der Waals surface area contributed by atoms with Gasteiger partial charge in [0.15, 0.2) is 6.61 Å². The van der Waals surface area contributed by atoms with Crippen LogP contribution in [-0.2, 0) is 9.53 Å². The zero-order valence-electron chi connectivity index (χ0n) is 12.2. The Balaban J connectivity index is 1.59. The SMILES string of the molecule is O=C(COC(=O)c1cc2cc(Cl)ccc2o1)Nc1ccc(Cl)cc1. The van der Waals surface area contributed by atoms with Crippen molar-refractivity contribution in [2.75, 3.05) is 11.9 Å². The maximum Gasteiger partial charge on any atom is 0.374 e. The number of hydrogen-bond donors (Lipinski definition) is 1.